The fraction of sp³-hybridized carbons (Fsp3) is 0.429. The number of alkyl halides is 3. The predicted octanol–water partition coefficient (Wildman–Crippen LogP) is 2.95. The lowest BCUT2D eigenvalue weighted by Crippen LogP contribution is -2.26. The van der Waals surface area contributed by atoms with E-state index in [4.69, 9.17) is 5.26 Å². The van der Waals surface area contributed by atoms with E-state index in [2.05, 4.69) is 5.32 Å². The highest BCUT2D eigenvalue weighted by Gasteiger charge is 2.25. The van der Waals surface area contributed by atoms with Gasteiger partial charge < -0.3 is 5.32 Å². The molecule has 0 spiro atoms. The zero-order valence-electron chi connectivity index (χ0n) is 10.8. The molecule has 0 fully saturated rings. The van der Waals surface area contributed by atoms with Crippen LogP contribution < -0.4 is 5.32 Å². The lowest BCUT2D eigenvalue weighted by molar-refractivity contribution is -0.135. The molecule has 0 aromatic heterocycles. The molecule has 1 rings (SSSR count). The molecule has 20 heavy (non-hydrogen) atoms. The van der Waals surface area contributed by atoms with E-state index in [0.717, 1.165) is 5.56 Å². The van der Waals surface area contributed by atoms with Gasteiger partial charge in [0.2, 0.25) is 5.91 Å². The Labute approximate surface area is 115 Å². The van der Waals surface area contributed by atoms with Gasteiger partial charge in [-0.2, -0.15) is 18.4 Å². The van der Waals surface area contributed by atoms with Crippen LogP contribution in [-0.2, 0) is 11.2 Å². The zero-order valence-corrected chi connectivity index (χ0v) is 10.8. The molecule has 0 saturated heterocycles. The normalized spacial score (nSPS) is 10.9. The van der Waals surface area contributed by atoms with E-state index in [-0.39, 0.29) is 25.3 Å². The first kappa shape index (κ1) is 16.0. The number of nitrogens with zero attached hydrogens (tertiary/aromatic N) is 1. The third kappa shape index (κ3) is 6.78. The molecule has 1 aromatic carbocycles. The summed E-state index contributed by atoms with van der Waals surface area (Å²) in [6.07, 6.45) is -4.48. The van der Waals surface area contributed by atoms with Crippen molar-refractivity contribution in [2.45, 2.75) is 31.9 Å². The van der Waals surface area contributed by atoms with Crippen LogP contribution in [0.1, 0.15) is 30.4 Å². The number of carbonyl (C=O) groups is 1. The average molecular weight is 284 g/mol. The Bertz CT molecular complexity index is 475. The first-order chi connectivity index (χ1) is 9.40. The average Bonchev–Trinajstić information content (AvgIpc) is 2.38. The molecule has 0 heterocycles. The largest absolute Gasteiger partial charge is 0.389 e. The molecular weight excluding hydrogens is 269 g/mol. The summed E-state index contributed by atoms with van der Waals surface area (Å²) in [6.45, 7) is 0.241. The molecule has 6 heteroatoms. The molecule has 0 aliphatic rings. The molecule has 108 valence electrons. The maximum absolute atomic E-state index is 11.9. The van der Waals surface area contributed by atoms with E-state index in [1.54, 1.807) is 24.3 Å². The van der Waals surface area contributed by atoms with E-state index in [1.165, 1.54) is 0 Å². The van der Waals surface area contributed by atoms with Crippen LogP contribution >= 0.6 is 0 Å². The van der Waals surface area contributed by atoms with Crippen molar-refractivity contribution in [1.82, 2.24) is 5.32 Å². The minimum absolute atomic E-state index is 0.0145. The van der Waals surface area contributed by atoms with Crippen LogP contribution in [0.15, 0.2) is 24.3 Å². The van der Waals surface area contributed by atoms with Crippen molar-refractivity contribution in [2.75, 3.05) is 6.54 Å². The lowest BCUT2D eigenvalue weighted by atomic mass is 10.1. The number of nitrogens with one attached hydrogen (secondary N) is 1. The van der Waals surface area contributed by atoms with E-state index in [1.807, 2.05) is 6.07 Å². The van der Waals surface area contributed by atoms with Gasteiger partial charge in [-0.1, -0.05) is 12.1 Å². The maximum atomic E-state index is 11.9. The van der Waals surface area contributed by atoms with Crippen molar-refractivity contribution >= 4 is 5.91 Å². The lowest BCUT2D eigenvalue weighted by Gasteiger charge is -2.07. The number of benzene rings is 1. The van der Waals surface area contributed by atoms with Crippen LogP contribution in [0.5, 0.6) is 0 Å². The SMILES string of the molecule is N#Cc1ccc(CC(=O)NCCCCC(F)(F)F)cc1. The van der Waals surface area contributed by atoms with E-state index >= 15 is 0 Å². The van der Waals surface area contributed by atoms with Gasteiger partial charge in [0, 0.05) is 13.0 Å². The van der Waals surface area contributed by atoms with Gasteiger partial charge in [-0.05, 0) is 30.5 Å². The topological polar surface area (TPSA) is 52.9 Å². The summed E-state index contributed by atoms with van der Waals surface area (Å²) in [4.78, 5) is 11.5. The van der Waals surface area contributed by atoms with Gasteiger partial charge in [0.05, 0.1) is 18.1 Å². The van der Waals surface area contributed by atoms with Crippen LogP contribution in [0, 0.1) is 11.3 Å². The summed E-state index contributed by atoms with van der Waals surface area (Å²) in [6, 6.07) is 8.57. The van der Waals surface area contributed by atoms with Crippen LogP contribution in [0.25, 0.3) is 0 Å². The van der Waals surface area contributed by atoms with Crippen LogP contribution in [0.2, 0.25) is 0 Å². The number of rotatable bonds is 6. The molecular formula is C14H15F3N2O. The summed E-state index contributed by atoms with van der Waals surface area (Å²) in [7, 11) is 0. The van der Waals surface area contributed by atoms with Crippen LogP contribution in [-0.4, -0.2) is 18.6 Å². The predicted molar refractivity (Wildman–Crippen MR) is 67.8 cm³/mol. The minimum Gasteiger partial charge on any atom is -0.356 e. The first-order valence-electron chi connectivity index (χ1n) is 6.23. The molecule has 0 atom stereocenters. The van der Waals surface area contributed by atoms with Gasteiger partial charge in [-0.25, -0.2) is 0 Å². The van der Waals surface area contributed by atoms with Crippen LogP contribution in [0.3, 0.4) is 0 Å². The number of halogens is 3. The fourth-order valence-corrected chi connectivity index (χ4v) is 1.62. The van der Waals surface area contributed by atoms with Crippen molar-refractivity contribution in [3.8, 4) is 6.07 Å². The summed E-state index contributed by atoms with van der Waals surface area (Å²) < 4.78 is 35.6. The van der Waals surface area contributed by atoms with Crippen LogP contribution in [0.4, 0.5) is 13.2 Å². The number of hydrogen-bond acceptors (Lipinski definition) is 2. The second-order valence-corrected chi connectivity index (χ2v) is 4.41. The van der Waals surface area contributed by atoms with E-state index < -0.39 is 12.6 Å². The minimum atomic E-state index is -4.13. The monoisotopic (exact) mass is 284 g/mol. The zero-order chi connectivity index (χ0) is 15.0. The molecule has 0 unspecified atom stereocenters. The first-order valence-corrected chi connectivity index (χ1v) is 6.23. The van der Waals surface area contributed by atoms with Gasteiger partial charge in [-0.15, -0.1) is 0 Å². The molecule has 0 bridgehead atoms. The Morgan fingerprint density at radius 1 is 1.20 bits per heavy atom. The molecule has 1 aromatic rings. The smallest absolute Gasteiger partial charge is 0.356 e. The summed E-state index contributed by atoms with van der Waals surface area (Å²) in [5, 5.41) is 11.2. The number of amides is 1. The molecule has 0 radical (unpaired) electrons. The van der Waals surface area contributed by atoms with Crippen molar-refractivity contribution in [3.63, 3.8) is 0 Å². The Hall–Kier alpha value is -2.03. The molecule has 0 saturated carbocycles. The van der Waals surface area contributed by atoms with Crippen molar-refractivity contribution < 1.29 is 18.0 Å². The molecule has 1 amide bonds. The Morgan fingerprint density at radius 2 is 1.85 bits per heavy atom. The highest BCUT2D eigenvalue weighted by molar-refractivity contribution is 5.78. The third-order valence-electron chi connectivity index (χ3n) is 2.66. The number of carbonyl (C=O) groups excluding carboxylic acids is 1. The van der Waals surface area contributed by atoms with Gasteiger partial charge >= 0.3 is 6.18 Å². The molecule has 3 nitrogen and oxygen atoms in total. The summed E-state index contributed by atoms with van der Waals surface area (Å²) in [5.41, 5.74) is 1.28. The highest BCUT2D eigenvalue weighted by atomic mass is 19.4. The molecule has 0 aliphatic carbocycles. The van der Waals surface area contributed by atoms with Crippen molar-refractivity contribution in [1.29, 1.82) is 5.26 Å². The number of hydrogen-bond donors (Lipinski definition) is 1. The number of nitriles is 1. The van der Waals surface area contributed by atoms with Gasteiger partial charge in [0.1, 0.15) is 0 Å². The highest BCUT2D eigenvalue weighted by Crippen LogP contribution is 2.21. The van der Waals surface area contributed by atoms with E-state index in [0.29, 0.717) is 12.0 Å². The van der Waals surface area contributed by atoms with E-state index in [9.17, 15) is 18.0 Å². The van der Waals surface area contributed by atoms with Crippen molar-refractivity contribution in [3.05, 3.63) is 35.4 Å². The second-order valence-electron chi connectivity index (χ2n) is 4.41. The fourth-order valence-electron chi connectivity index (χ4n) is 1.62. The Balaban J connectivity index is 2.22. The quantitative estimate of drug-likeness (QED) is 0.816. The summed E-state index contributed by atoms with van der Waals surface area (Å²) >= 11 is 0. The Morgan fingerprint density at radius 3 is 2.40 bits per heavy atom. The van der Waals surface area contributed by atoms with Crippen molar-refractivity contribution in [2.24, 2.45) is 0 Å². The second kappa shape index (κ2) is 7.53. The maximum Gasteiger partial charge on any atom is 0.389 e. The van der Waals surface area contributed by atoms with Gasteiger partial charge in [-0.3, -0.25) is 4.79 Å². The Kier molecular flexibility index (Phi) is 6.04. The summed E-state index contributed by atoms with van der Waals surface area (Å²) in [5.74, 6) is -0.235. The van der Waals surface area contributed by atoms with Gasteiger partial charge in [0.15, 0.2) is 0 Å². The number of unbranched alkanes of at least 4 members (excludes halogenated alkanes) is 1. The standard InChI is InChI=1S/C14H15F3N2O/c15-14(16,17)7-1-2-8-19-13(20)9-11-3-5-12(10-18)6-4-11/h3-6H,1-2,7-9H2,(H,19,20). The third-order valence-corrected chi connectivity index (χ3v) is 2.66. The molecule has 0 aliphatic heterocycles. The molecule has 1 N–H and O–H groups in total. The van der Waals surface area contributed by atoms with Gasteiger partial charge in [0.25, 0.3) is 0 Å².